The normalized spacial score (nSPS) is 9.75. The van der Waals surface area contributed by atoms with E-state index in [1.54, 1.807) is 0 Å². The number of hydrogen-bond donors (Lipinski definition) is 0. The Morgan fingerprint density at radius 2 is 2.08 bits per heavy atom. The molecule has 12 heavy (non-hydrogen) atoms. The maximum atomic E-state index is 10.4. The fourth-order valence-electron chi connectivity index (χ4n) is 0.734. The molecule has 0 heterocycles. The van der Waals surface area contributed by atoms with Gasteiger partial charge in [-0.1, -0.05) is 0 Å². The summed E-state index contributed by atoms with van der Waals surface area (Å²) in [5.41, 5.74) is 1.24. The van der Waals surface area contributed by atoms with Gasteiger partial charge in [0.05, 0.1) is 0 Å². The number of carbonyl (C=O) groups is 1. The molecule has 0 bridgehead atoms. The Morgan fingerprint density at radius 3 is 2.67 bits per heavy atom. The summed E-state index contributed by atoms with van der Waals surface area (Å²) in [7, 11) is 0. The van der Waals surface area contributed by atoms with Gasteiger partial charge in [0.25, 0.3) is 0 Å². The van der Waals surface area contributed by atoms with E-state index < -0.39 is 21.6 Å². The van der Waals surface area contributed by atoms with Gasteiger partial charge in [0.15, 0.2) is 0 Å². The van der Waals surface area contributed by atoms with Crippen molar-refractivity contribution in [3.05, 3.63) is 35.9 Å². The van der Waals surface area contributed by atoms with Gasteiger partial charge in [0, 0.05) is 0 Å². The Morgan fingerprint density at radius 1 is 1.42 bits per heavy atom. The number of rotatable bonds is 3. The van der Waals surface area contributed by atoms with Crippen LogP contribution < -0.4 is 21.6 Å². The van der Waals surface area contributed by atoms with Crippen molar-refractivity contribution in [2.75, 3.05) is 0 Å². The minimum absolute atomic E-state index is 0.168. The number of alkyl halides is 1. The van der Waals surface area contributed by atoms with Gasteiger partial charge in [0.1, 0.15) is 0 Å². The summed E-state index contributed by atoms with van der Waals surface area (Å²) in [4.78, 5) is 10.4. The molecule has 0 N–H and O–H groups in total. The van der Waals surface area contributed by atoms with E-state index >= 15 is 0 Å². The number of hydrogen-bond acceptors (Lipinski definition) is 2. The van der Waals surface area contributed by atoms with E-state index in [1.807, 2.05) is 30.3 Å². The molecule has 0 fully saturated rings. The second-order valence-corrected chi connectivity index (χ2v) is 4.12. The molecular weight excluding hydrogens is 267 g/mol. The summed E-state index contributed by atoms with van der Waals surface area (Å²) in [6.07, 6.45) is 0. The molecule has 1 aromatic carbocycles. The van der Waals surface area contributed by atoms with Gasteiger partial charge in [-0.15, -0.1) is 0 Å². The number of halogens is 1. The summed E-state index contributed by atoms with van der Waals surface area (Å²) >= 11 is -0.444. The van der Waals surface area contributed by atoms with Crippen molar-refractivity contribution in [2.45, 2.75) is 11.4 Å². The summed E-state index contributed by atoms with van der Waals surface area (Å²) in [5, 5.41) is 0. The summed E-state index contributed by atoms with van der Waals surface area (Å²) in [6.45, 7) is 1.45. The van der Waals surface area contributed by atoms with Crippen molar-refractivity contribution in [3.63, 3.8) is 0 Å². The van der Waals surface area contributed by atoms with Crippen LogP contribution >= 0.6 is 0 Å². The van der Waals surface area contributed by atoms with Crippen molar-refractivity contribution in [3.8, 4) is 0 Å². The van der Waals surface area contributed by atoms with E-state index in [9.17, 15) is 4.79 Å². The molecule has 0 aromatic heterocycles. The molecule has 0 aliphatic rings. The average Bonchev–Trinajstić information content (AvgIpc) is 2.05. The zero-order chi connectivity index (χ0) is 8.81. The van der Waals surface area contributed by atoms with E-state index in [0.717, 1.165) is 4.43 Å². The van der Waals surface area contributed by atoms with E-state index in [4.69, 9.17) is 3.07 Å². The van der Waals surface area contributed by atoms with Crippen LogP contribution in [0.4, 0.5) is 0 Å². The first-order valence-electron chi connectivity index (χ1n) is 3.59. The third-order valence-electron chi connectivity index (χ3n) is 1.21. The molecule has 0 saturated heterocycles. The summed E-state index contributed by atoms with van der Waals surface area (Å²) < 4.78 is 5.82. The minimum atomic E-state index is -0.444. The molecule has 0 amide bonds. The van der Waals surface area contributed by atoms with Gasteiger partial charge in [-0.05, 0) is 0 Å². The molecule has 0 radical (unpaired) electrons. The fourth-order valence-corrected chi connectivity index (χ4v) is 2.20. The van der Waals surface area contributed by atoms with Gasteiger partial charge < -0.3 is 0 Å². The molecule has 0 unspecified atom stereocenters. The molecule has 1 aromatic rings. The van der Waals surface area contributed by atoms with Crippen LogP contribution in [0.1, 0.15) is 12.5 Å². The first kappa shape index (κ1) is 9.51. The third-order valence-corrected chi connectivity index (χ3v) is 3.34. The van der Waals surface area contributed by atoms with E-state index in [-0.39, 0.29) is 5.97 Å². The van der Waals surface area contributed by atoms with Gasteiger partial charge >= 0.3 is 82.7 Å². The van der Waals surface area contributed by atoms with Crippen LogP contribution in [0.5, 0.6) is 0 Å². The van der Waals surface area contributed by atoms with Gasteiger partial charge in [-0.3, -0.25) is 0 Å². The topological polar surface area (TPSA) is 26.3 Å². The predicted octanol–water partition coefficient (Wildman–Crippen LogP) is -1.25. The van der Waals surface area contributed by atoms with Crippen molar-refractivity contribution in [1.29, 1.82) is 0 Å². The Hall–Kier alpha value is -0.580. The first-order chi connectivity index (χ1) is 5.79. The Labute approximate surface area is 82.7 Å². The molecule has 0 saturated carbocycles. The van der Waals surface area contributed by atoms with Crippen LogP contribution in [0.3, 0.4) is 0 Å². The SMILES string of the molecule is CC(=O)O[I-]Cc1ccccc1. The second kappa shape index (κ2) is 5.13. The molecule has 1 rings (SSSR count). The summed E-state index contributed by atoms with van der Waals surface area (Å²) in [5.74, 6) is -0.168. The summed E-state index contributed by atoms with van der Waals surface area (Å²) in [6, 6.07) is 10.1. The van der Waals surface area contributed by atoms with Crippen molar-refractivity contribution in [1.82, 2.24) is 0 Å². The van der Waals surface area contributed by atoms with Gasteiger partial charge in [0.2, 0.25) is 0 Å². The molecule has 66 valence electrons. The zero-order valence-electron chi connectivity index (χ0n) is 6.79. The van der Waals surface area contributed by atoms with Crippen LogP contribution in [-0.4, -0.2) is 5.97 Å². The van der Waals surface area contributed by atoms with Gasteiger partial charge in [-0.2, -0.15) is 0 Å². The van der Waals surface area contributed by atoms with Gasteiger partial charge in [-0.25, -0.2) is 0 Å². The van der Waals surface area contributed by atoms with Crippen LogP contribution in [0, 0.1) is 0 Å². The van der Waals surface area contributed by atoms with E-state index in [2.05, 4.69) is 0 Å². The standard InChI is InChI=1S/C9H10IO2/c1-8(11)12-10-7-9-5-3-2-4-6-9/h2-6H,7H2,1H3/q-1. The molecule has 2 nitrogen and oxygen atoms in total. The molecular formula is C9H10IO2-. The van der Waals surface area contributed by atoms with Crippen molar-refractivity contribution in [2.24, 2.45) is 0 Å². The Balaban J connectivity index is 2.29. The quantitative estimate of drug-likeness (QED) is 0.510. The molecule has 0 spiro atoms. The van der Waals surface area contributed by atoms with Crippen LogP contribution in [0.2, 0.25) is 0 Å². The zero-order valence-corrected chi connectivity index (χ0v) is 8.95. The molecule has 0 aliphatic heterocycles. The van der Waals surface area contributed by atoms with Crippen LogP contribution in [0.25, 0.3) is 0 Å². The average molecular weight is 277 g/mol. The van der Waals surface area contributed by atoms with Crippen molar-refractivity contribution < 1.29 is 29.5 Å². The van der Waals surface area contributed by atoms with Crippen molar-refractivity contribution >= 4 is 5.97 Å². The third kappa shape index (κ3) is 3.71. The predicted molar refractivity (Wildman–Crippen MR) is 41.9 cm³/mol. The van der Waals surface area contributed by atoms with Crippen LogP contribution in [-0.2, 0) is 12.3 Å². The number of benzene rings is 1. The molecule has 0 aliphatic carbocycles. The van der Waals surface area contributed by atoms with E-state index in [0.29, 0.717) is 0 Å². The van der Waals surface area contributed by atoms with E-state index in [1.165, 1.54) is 12.5 Å². The Bertz CT molecular complexity index is 246. The molecule has 0 atom stereocenters. The maximum absolute atomic E-state index is 10.4. The molecule has 3 heteroatoms. The fraction of sp³-hybridized carbons (Fsp3) is 0.222. The number of carbonyl (C=O) groups excluding carboxylic acids is 1. The first-order valence-corrected chi connectivity index (χ1v) is 6.00. The monoisotopic (exact) mass is 277 g/mol. The second-order valence-electron chi connectivity index (χ2n) is 2.30. The van der Waals surface area contributed by atoms with Crippen LogP contribution in [0.15, 0.2) is 30.3 Å². The Kier molecular flexibility index (Phi) is 4.07.